The van der Waals surface area contributed by atoms with Gasteiger partial charge in [-0.25, -0.2) is 9.78 Å². The second-order valence-corrected chi connectivity index (χ2v) is 8.40. The molecule has 0 saturated heterocycles. The van der Waals surface area contributed by atoms with Gasteiger partial charge in [-0.05, 0) is 60.7 Å². The van der Waals surface area contributed by atoms with Gasteiger partial charge >= 0.3 is 5.97 Å². The highest BCUT2D eigenvalue weighted by Crippen LogP contribution is 2.29. The topological polar surface area (TPSA) is 55.1 Å². The molecule has 0 aliphatic heterocycles. The molecule has 0 radical (unpaired) electrons. The Kier molecular flexibility index (Phi) is 5.91. The molecule has 1 N–H and O–H groups in total. The monoisotopic (exact) mass is 416 g/mol. The van der Waals surface area contributed by atoms with Gasteiger partial charge in [0.25, 0.3) is 0 Å². The van der Waals surface area contributed by atoms with Crippen molar-refractivity contribution in [1.82, 2.24) is 9.55 Å². The van der Waals surface area contributed by atoms with Crippen LogP contribution in [0.1, 0.15) is 32.6 Å². The SMILES string of the molecule is Cc1cc2nc(SCc3ccccc3C(=O)O)n(CCc3ccccc3)c2cc1C. The van der Waals surface area contributed by atoms with E-state index >= 15 is 0 Å². The number of nitrogens with zero attached hydrogens (tertiary/aromatic N) is 2. The molecule has 152 valence electrons. The summed E-state index contributed by atoms with van der Waals surface area (Å²) in [5, 5.41) is 10.4. The molecule has 0 bridgehead atoms. The van der Waals surface area contributed by atoms with E-state index in [0.717, 1.165) is 34.7 Å². The minimum absolute atomic E-state index is 0.351. The second-order valence-electron chi connectivity index (χ2n) is 7.46. The van der Waals surface area contributed by atoms with Crippen molar-refractivity contribution in [3.63, 3.8) is 0 Å². The number of hydrogen-bond donors (Lipinski definition) is 1. The number of hydrogen-bond acceptors (Lipinski definition) is 3. The van der Waals surface area contributed by atoms with E-state index in [1.54, 1.807) is 23.9 Å². The molecule has 0 aliphatic rings. The van der Waals surface area contributed by atoms with E-state index in [9.17, 15) is 9.90 Å². The lowest BCUT2D eigenvalue weighted by Gasteiger charge is -2.11. The molecule has 1 aromatic heterocycles. The van der Waals surface area contributed by atoms with Crippen LogP contribution in [0, 0.1) is 13.8 Å². The van der Waals surface area contributed by atoms with Crippen LogP contribution in [0.15, 0.2) is 71.9 Å². The molecule has 4 nitrogen and oxygen atoms in total. The molecule has 0 amide bonds. The standard InChI is InChI=1S/C25H24N2O2S/c1-17-14-22-23(15-18(17)2)27(13-12-19-8-4-3-5-9-19)25(26-22)30-16-20-10-6-7-11-21(20)24(28)29/h3-11,14-15H,12-13,16H2,1-2H3,(H,28,29). The third kappa shape index (κ3) is 4.26. The van der Waals surface area contributed by atoms with Crippen LogP contribution in [0.3, 0.4) is 0 Å². The smallest absolute Gasteiger partial charge is 0.335 e. The number of carboxylic acids is 1. The maximum atomic E-state index is 11.5. The minimum Gasteiger partial charge on any atom is -0.478 e. The van der Waals surface area contributed by atoms with Gasteiger partial charge in [0.1, 0.15) is 0 Å². The molecule has 1 heterocycles. The van der Waals surface area contributed by atoms with Crippen LogP contribution in [0.2, 0.25) is 0 Å². The lowest BCUT2D eigenvalue weighted by molar-refractivity contribution is 0.0696. The fourth-order valence-corrected chi connectivity index (χ4v) is 4.61. The van der Waals surface area contributed by atoms with Gasteiger partial charge in [0.05, 0.1) is 16.6 Å². The molecule has 0 unspecified atom stereocenters. The van der Waals surface area contributed by atoms with E-state index in [-0.39, 0.29) is 0 Å². The largest absolute Gasteiger partial charge is 0.478 e. The van der Waals surface area contributed by atoms with Crippen molar-refractivity contribution >= 4 is 28.8 Å². The number of benzene rings is 3. The Labute approximate surface area is 180 Å². The average molecular weight is 417 g/mol. The van der Waals surface area contributed by atoms with Crippen LogP contribution in [0.4, 0.5) is 0 Å². The number of carbonyl (C=O) groups is 1. The van der Waals surface area contributed by atoms with E-state index in [0.29, 0.717) is 11.3 Å². The number of thioether (sulfide) groups is 1. The highest BCUT2D eigenvalue weighted by Gasteiger charge is 2.15. The number of aromatic nitrogens is 2. The van der Waals surface area contributed by atoms with Gasteiger partial charge in [-0.15, -0.1) is 0 Å². The number of fused-ring (bicyclic) bond motifs is 1. The summed E-state index contributed by atoms with van der Waals surface area (Å²) in [6.07, 6.45) is 0.915. The zero-order valence-corrected chi connectivity index (χ0v) is 17.9. The van der Waals surface area contributed by atoms with Gasteiger partial charge in [-0.2, -0.15) is 0 Å². The summed E-state index contributed by atoms with van der Waals surface area (Å²) in [5.41, 5.74) is 7.03. The fraction of sp³-hybridized carbons (Fsp3) is 0.200. The van der Waals surface area contributed by atoms with Crippen molar-refractivity contribution in [2.24, 2.45) is 0 Å². The van der Waals surface area contributed by atoms with E-state index in [1.807, 2.05) is 18.2 Å². The number of carboxylic acid groups (broad SMARTS) is 1. The lowest BCUT2D eigenvalue weighted by Crippen LogP contribution is -2.04. The summed E-state index contributed by atoms with van der Waals surface area (Å²) in [5.74, 6) is -0.329. The van der Waals surface area contributed by atoms with Crippen molar-refractivity contribution in [2.75, 3.05) is 0 Å². The quantitative estimate of drug-likeness (QED) is 0.382. The zero-order valence-electron chi connectivity index (χ0n) is 17.1. The van der Waals surface area contributed by atoms with Crippen LogP contribution < -0.4 is 0 Å². The Balaban J connectivity index is 1.67. The van der Waals surface area contributed by atoms with E-state index < -0.39 is 5.97 Å². The molecule has 0 atom stereocenters. The minimum atomic E-state index is -0.893. The van der Waals surface area contributed by atoms with E-state index in [4.69, 9.17) is 4.98 Å². The Bertz CT molecular complexity index is 1200. The molecule has 4 rings (SSSR count). The first-order valence-electron chi connectivity index (χ1n) is 9.98. The normalized spacial score (nSPS) is 11.1. The van der Waals surface area contributed by atoms with Crippen LogP contribution >= 0.6 is 11.8 Å². The highest BCUT2D eigenvalue weighted by molar-refractivity contribution is 7.98. The predicted octanol–water partition coefficient (Wildman–Crippen LogP) is 5.89. The molecule has 3 aromatic carbocycles. The molecular formula is C25H24N2O2S. The Morgan fingerprint density at radius 2 is 1.70 bits per heavy atom. The average Bonchev–Trinajstić information content (AvgIpc) is 3.08. The zero-order chi connectivity index (χ0) is 21.1. The first-order chi connectivity index (χ1) is 14.5. The first kappa shape index (κ1) is 20.2. The summed E-state index contributed by atoms with van der Waals surface area (Å²) in [6.45, 7) is 5.05. The van der Waals surface area contributed by atoms with Crippen molar-refractivity contribution in [2.45, 2.75) is 37.7 Å². The fourth-order valence-electron chi connectivity index (χ4n) is 3.57. The maximum absolute atomic E-state index is 11.5. The Hall–Kier alpha value is -3.05. The molecule has 30 heavy (non-hydrogen) atoms. The van der Waals surface area contributed by atoms with Crippen molar-refractivity contribution in [3.05, 3.63) is 94.5 Å². The second kappa shape index (κ2) is 8.76. The predicted molar refractivity (Wildman–Crippen MR) is 122 cm³/mol. The van der Waals surface area contributed by atoms with Crippen LogP contribution in [-0.2, 0) is 18.7 Å². The molecule has 0 saturated carbocycles. The van der Waals surface area contributed by atoms with Crippen LogP contribution in [-0.4, -0.2) is 20.6 Å². The van der Waals surface area contributed by atoms with Crippen LogP contribution in [0.5, 0.6) is 0 Å². The molecule has 0 fully saturated rings. The van der Waals surface area contributed by atoms with Gasteiger partial charge in [-0.3, -0.25) is 0 Å². The number of rotatable bonds is 7. The molecule has 4 aromatic rings. The third-order valence-electron chi connectivity index (χ3n) is 5.40. The number of aromatic carboxylic acids is 1. The lowest BCUT2D eigenvalue weighted by atomic mass is 10.1. The summed E-state index contributed by atoms with van der Waals surface area (Å²) in [4.78, 5) is 16.4. The molecule has 0 spiro atoms. The number of imidazole rings is 1. The van der Waals surface area contributed by atoms with E-state index in [1.165, 1.54) is 16.7 Å². The van der Waals surface area contributed by atoms with Gasteiger partial charge < -0.3 is 9.67 Å². The summed E-state index contributed by atoms with van der Waals surface area (Å²) >= 11 is 1.59. The maximum Gasteiger partial charge on any atom is 0.335 e. The first-order valence-corrected chi connectivity index (χ1v) is 11.0. The summed E-state index contributed by atoms with van der Waals surface area (Å²) in [6, 6.07) is 22.0. The van der Waals surface area contributed by atoms with Crippen molar-refractivity contribution in [1.29, 1.82) is 0 Å². The van der Waals surface area contributed by atoms with Gasteiger partial charge in [0.15, 0.2) is 5.16 Å². The summed E-state index contributed by atoms with van der Waals surface area (Å²) in [7, 11) is 0. The van der Waals surface area contributed by atoms with Crippen molar-refractivity contribution < 1.29 is 9.90 Å². The van der Waals surface area contributed by atoms with Gasteiger partial charge in [0.2, 0.25) is 0 Å². The van der Waals surface area contributed by atoms with Gasteiger partial charge in [0, 0.05) is 12.3 Å². The highest BCUT2D eigenvalue weighted by atomic mass is 32.2. The third-order valence-corrected chi connectivity index (χ3v) is 6.43. The molecule has 0 aliphatic carbocycles. The molecular weight excluding hydrogens is 392 g/mol. The Morgan fingerprint density at radius 3 is 2.47 bits per heavy atom. The van der Waals surface area contributed by atoms with Crippen molar-refractivity contribution in [3.8, 4) is 0 Å². The Morgan fingerprint density at radius 1 is 1.00 bits per heavy atom. The molecule has 5 heteroatoms. The van der Waals surface area contributed by atoms with Crippen LogP contribution in [0.25, 0.3) is 11.0 Å². The summed E-state index contributed by atoms with van der Waals surface area (Å²) < 4.78 is 2.27. The van der Waals surface area contributed by atoms with E-state index in [2.05, 4.69) is 54.8 Å². The van der Waals surface area contributed by atoms with Gasteiger partial charge in [-0.1, -0.05) is 60.3 Å². The number of aryl methyl sites for hydroxylation is 4.